The number of nitrogen functional groups attached to an aromatic ring is 1. The maximum Gasteiger partial charge on any atom is 0.251 e. The monoisotopic (exact) mass is 302 g/mol. The SMILES string of the molecule is Nc1c(Cl)cc(C(=O)NCCC2CCCO2)cc1Cl. The molecule has 1 atom stereocenters. The van der Waals surface area contributed by atoms with E-state index in [1.165, 1.54) is 12.1 Å². The van der Waals surface area contributed by atoms with Crippen LogP contribution in [0, 0.1) is 0 Å². The third-order valence-corrected chi connectivity index (χ3v) is 3.74. The Kier molecular flexibility index (Phi) is 4.91. The van der Waals surface area contributed by atoms with Crippen molar-refractivity contribution in [2.75, 3.05) is 18.9 Å². The Balaban J connectivity index is 1.88. The van der Waals surface area contributed by atoms with Gasteiger partial charge in [-0.25, -0.2) is 0 Å². The zero-order valence-electron chi connectivity index (χ0n) is 10.4. The van der Waals surface area contributed by atoms with E-state index >= 15 is 0 Å². The topological polar surface area (TPSA) is 64.4 Å². The minimum absolute atomic E-state index is 0.207. The summed E-state index contributed by atoms with van der Waals surface area (Å²) in [5.74, 6) is -0.207. The van der Waals surface area contributed by atoms with Gasteiger partial charge < -0.3 is 15.8 Å². The van der Waals surface area contributed by atoms with Crippen molar-refractivity contribution in [3.05, 3.63) is 27.7 Å². The molecule has 3 N–H and O–H groups in total. The standard InChI is InChI=1S/C13H16Cl2N2O2/c14-10-6-8(7-11(15)12(10)16)13(18)17-4-3-9-2-1-5-19-9/h6-7,9H,1-5,16H2,(H,17,18). The van der Waals surface area contributed by atoms with E-state index in [1.807, 2.05) is 0 Å². The molecule has 1 fully saturated rings. The maximum atomic E-state index is 11.9. The highest BCUT2D eigenvalue weighted by Gasteiger charge is 2.16. The zero-order chi connectivity index (χ0) is 13.8. The molecule has 1 amide bonds. The number of nitrogens with two attached hydrogens (primary N) is 1. The van der Waals surface area contributed by atoms with Crippen LogP contribution in [0.4, 0.5) is 5.69 Å². The molecule has 1 saturated heterocycles. The summed E-state index contributed by atoms with van der Waals surface area (Å²) in [6, 6.07) is 3.04. The molecule has 104 valence electrons. The van der Waals surface area contributed by atoms with Gasteiger partial charge in [0.05, 0.1) is 21.8 Å². The molecule has 4 nitrogen and oxygen atoms in total. The molecule has 1 aliphatic rings. The second-order valence-corrected chi connectivity index (χ2v) is 5.35. The molecular weight excluding hydrogens is 287 g/mol. The van der Waals surface area contributed by atoms with Gasteiger partial charge in [-0.1, -0.05) is 23.2 Å². The summed E-state index contributed by atoms with van der Waals surface area (Å²) in [4.78, 5) is 11.9. The van der Waals surface area contributed by atoms with Crippen LogP contribution in [-0.4, -0.2) is 25.2 Å². The first-order valence-electron chi connectivity index (χ1n) is 6.22. The van der Waals surface area contributed by atoms with Crippen molar-refractivity contribution in [2.45, 2.75) is 25.4 Å². The predicted molar refractivity (Wildman–Crippen MR) is 76.8 cm³/mol. The number of benzene rings is 1. The van der Waals surface area contributed by atoms with Gasteiger partial charge in [0.15, 0.2) is 0 Å². The molecule has 0 aromatic heterocycles. The summed E-state index contributed by atoms with van der Waals surface area (Å²) in [5.41, 5.74) is 6.33. The molecular formula is C13H16Cl2N2O2. The Labute approximate surface area is 122 Å². The lowest BCUT2D eigenvalue weighted by molar-refractivity contribution is 0.0907. The Morgan fingerprint density at radius 1 is 1.42 bits per heavy atom. The number of hydrogen-bond donors (Lipinski definition) is 2. The molecule has 1 heterocycles. The smallest absolute Gasteiger partial charge is 0.251 e. The number of amides is 1. The van der Waals surface area contributed by atoms with E-state index in [1.54, 1.807) is 0 Å². The van der Waals surface area contributed by atoms with E-state index in [9.17, 15) is 4.79 Å². The quantitative estimate of drug-likeness (QED) is 0.841. The molecule has 1 aromatic carbocycles. The molecule has 19 heavy (non-hydrogen) atoms. The lowest BCUT2D eigenvalue weighted by Gasteiger charge is -2.11. The fraction of sp³-hybridized carbons (Fsp3) is 0.462. The normalized spacial score (nSPS) is 18.5. The van der Waals surface area contributed by atoms with Crippen molar-refractivity contribution in [1.82, 2.24) is 5.32 Å². The molecule has 2 rings (SSSR count). The fourth-order valence-electron chi connectivity index (χ4n) is 2.04. The van der Waals surface area contributed by atoms with E-state index in [0.29, 0.717) is 17.8 Å². The molecule has 0 saturated carbocycles. The summed E-state index contributed by atoms with van der Waals surface area (Å²) in [6.07, 6.45) is 3.25. The number of hydrogen-bond acceptors (Lipinski definition) is 3. The minimum Gasteiger partial charge on any atom is -0.396 e. The Bertz CT molecular complexity index is 451. The highest BCUT2D eigenvalue weighted by molar-refractivity contribution is 6.39. The first-order chi connectivity index (χ1) is 9.08. The van der Waals surface area contributed by atoms with Crippen LogP contribution in [0.15, 0.2) is 12.1 Å². The van der Waals surface area contributed by atoms with Crippen LogP contribution in [0.2, 0.25) is 10.0 Å². The number of carbonyl (C=O) groups excluding carboxylic acids is 1. The largest absolute Gasteiger partial charge is 0.396 e. The van der Waals surface area contributed by atoms with Gasteiger partial charge in [-0.2, -0.15) is 0 Å². The van der Waals surface area contributed by atoms with E-state index in [-0.39, 0.29) is 22.1 Å². The van der Waals surface area contributed by atoms with Gasteiger partial charge >= 0.3 is 0 Å². The predicted octanol–water partition coefficient (Wildman–Crippen LogP) is 2.87. The van der Waals surface area contributed by atoms with Crippen molar-refractivity contribution < 1.29 is 9.53 Å². The van der Waals surface area contributed by atoms with Gasteiger partial charge in [0.2, 0.25) is 0 Å². The molecule has 0 spiro atoms. The number of halogens is 2. The van der Waals surface area contributed by atoms with Gasteiger partial charge in [-0.05, 0) is 31.4 Å². The summed E-state index contributed by atoms with van der Waals surface area (Å²) < 4.78 is 5.48. The van der Waals surface area contributed by atoms with Gasteiger partial charge in [0.1, 0.15) is 0 Å². The van der Waals surface area contributed by atoms with E-state index in [0.717, 1.165) is 25.9 Å². The highest BCUT2D eigenvalue weighted by atomic mass is 35.5. The van der Waals surface area contributed by atoms with Crippen molar-refractivity contribution >= 4 is 34.8 Å². The average Bonchev–Trinajstić information content (AvgIpc) is 2.88. The minimum atomic E-state index is -0.207. The van der Waals surface area contributed by atoms with Gasteiger partial charge in [-0.3, -0.25) is 4.79 Å². The molecule has 0 aliphatic carbocycles. The molecule has 0 bridgehead atoms. The number of anilines is 1. The summed E-state index contributed by atoms with van der Waals surface area (Å²) in [7, 11) is 0. The first kappa shape index (κ1) is 14.4. The zero-order valence-corrected chi connectivity index (χ0v) is 11.9. The van der Waals surface area contributed by atoms with E-state index in [4.69, 9.17) is 33.7 Å². The van der Waals surface area contributed by atoms with Crippen LogP contribution in [-0.2, 0) is 4.74 Å². The molecule has 0 radical (unpaired) electrons. The number of ether oxygens (including phenoxy) is 1. The van der Waals surface area contributed by atoms with Crippen LogP contribution >= 0.6 is 23.2 Å². The summed E-state index contributed by atoms with van der Waals surface area (Å²) in [6.45, 7) is 1.39. The van der Waals surface area contributed by atoms with Crippen molar-refractivity contribution in [3.63, 3.8) is 0 Å². The fourth-order valence-corrected chi connectivity index (χ4v) is 2.52. The first-order valence-corrected chi connectivity index (χ1v) is 6.98. The second-order valence-electron chi connectivity index (χ2n) is 4.53. The highest BCUT2D eigenvalue weighted by Crippen LogP contribution is 2.28. The molecule has 6 heteroatoms. The van der Waals surface area contributed by atoms with E-state index in [2.05, 4.69) is 5.32 Å². The average molecular weight is 303 g/mol. The lowest BCUT2D eigenvalue weighted by atomic mass is 10.1. The third-order valence-electron chi connectivity index (χ3n) is 3.12. The molecule has 1 aromatic rings. The Hall–Kier alpha value is -0.970. The third kappa shape index (κ3) is 3.75. The van der Waals surface area contributed by atoms with Crippen LogP contribution < -0.4 is 11.1 Å². The summed E-state index contributed by atoms with van der Waals surface area (Å²) in [5, 5.41) is 3.40. The van der Waals surface area contributed by atoms with Crippen LogP contribution in [0.3, 0.4) is 0 Å². The summed E-state index contributed by atoms with van der Waals surface area (Å²) >= 11 is 11.8. The van der Waals surface area contributed by atoms with Crippen molar-refractivity contribution in [1.29, 1.82) is 0 Å². The maximum absolute atomic E-state index is 11.9. The second kappa shape index (κ2) is 6.46. The molecule has 1 aliphatic heterocycles. The Morgan fingerprint density at radius 2 is 2.11 bits per heavy atom. The van der Waals surface area contributed by atoms with Gasteiger partial charge in [0.25, 0.3) is 5.91 Å². The van der Waals surface area contributed by atoms with Crippen LogP contribution in [0.25, 0.3) is 0 Å². The van der Waals surface area contributed by atoms with Crippen LogP contribution in [0.5, 0.6) is 0 Å². The number of nitrogens with one attached hydrogen (secondary N) is 1. The number of rotatable bonds is 4. The molecule has 1 unspecified atom stereocenters. The van der Waals surface area contributed by atoms with Gasteiger partial charge in [0, 0.05) is 18.7 Å². The van der Waals surface area contributed by atoms with Crippen LogP contribution in [0.1, 0.15) is 29.6 Å². The Morgan fingerprint density at radius 3 is 2.68 bits per heavy atom. The lowest BCUT2D eigenvalue weighted by Crippen LogP contribution is -2.27. The van der Waals surface area contributed by atoms with E-state index < -0.39 is 0 Å². The van der Waals surface area contributed by atoms with Gasteiger partial charge in [-0.15, -0.1) is 0 Å². The van der Waals surface area contributed by atoms with Crippen molar-refractivity contribution in [3.8, 4) is 0 Å². The van der Waals surface area contributed by atoms with Crippen molar-refractivity contribution in [2.24, 2.45) is 0 Å². The number of carbonyl (C=O) groups is 1.